The Kier molecular flexibility index (Phi) is 6.66. The first kappa shape index (κ1) is 24.5. The minimum atomic E-state index is -1.66. The second-order valence-corrected chi connectivity index (χ2v) is 9.56. The van der Waals surface area contributed by atoms with E-state index in [1.807, 2.05) is 60.7 Å². The summed E-state index contributed by atoms with van der Waals surface area (Å²) in [5.74, 6) is -6.10. The van der Waals surface area contributed by atoms with Crippen molar-refractivity contribution < 1.29 is 28.6 Å². The van der Waals surface area contributed by atoms with E-state index in [1.165, 1.54) is 13.8 Å². The van der Waals surface area contributed by atoms with Gasteiger partial charge in [0.05, 0.1) is 12.7 Å². The van der Waals surface area contributed by atoms with Gasteiger partial charge in [0.2, 0.25) is 0 Å². The molecule has 1 saturated carbocycles. The van der Waals surface area contributed by atoms with Crippen molar-refractivity contribution in [1.29, 1.82) is 5.26 Å². The fourth-order valence-electron chi connectivity index (χ4n) is 5.63. The van der Waals surface area contributed by atoms with Crippen molar-refractivity contribution in [3.8, 4) is 6.07 Å². The first-order chi connectivity index (χ1) is 16.7. The molecule has 0 N–H and O–H groups in total. The third-order valence-corrected chi connectivity index (χ3v) is 7.08. The summed E-state index contributed by atoms with van der Waals surface area (Å²) in [7, 11) is 0. The van der Waals surface area contributed by atoms with E-state index in [4.69, 9.17) is 14.2 Å². The van der Waals surface area contributed by atoms with Crippen LogP contribution in [0, 0.1) is 28.6 Å². The Bertz CT molecular complexity index is 1070. The Morgan fingerprint density at radius 3 is 1.83 bits per heavy atom. The van der Waals surface area contributed by atoms with Gasteiger partial charge in [-0.15, -0.1) is 0 Å². The fourth-order valence-corrected chi connectivity index (χ4v) is 5.63. The molecule has 7 heteroatoms. The minimum absolute atomic E-state index is 0.158. The van der Waals surface area contributed by atoms with Gasteiger partial charge in [-0.2, -0.15) is 5.26 Å². The Hall–Kier alpha value is -3.66. The van der Waals surface area contributed by atoms with Gasteiger partial charge in [0.1, 0.15) is 5.92 Å². The number of benzene rings is 2. The third kappa shape index (κ3) is 4.29. The number of carbonyl (C=O) groups excluding carboxylic acids is 3. The number of rotatable bonds is 5. The molecule has 0 radical (unpaired) electrons. The van der Waals surface area contributed by atoms with Crippen molar-refractivity contribution in [1.82, 2.24) is 0 Å². The molecular weight excluding hydrogens is 446 g/mol. The van der Waals surface area contributed by atoms with Crippen molar-refractivity contribution >= 4 is 17.9 Å². The van der Waals surface area contributed by atoms with Crippen LogP contribution in [-0.2, 0) is 28.6 Å². The van der Waals surface area contributed by atoms with E-state index in [0.717, 1.165) is 11.1 Å². The number of nitriles is 1. The first-order valence-electron chi connectivity index (χ1n) is 11.9. The smallest absolute Gasteiger partial charge is 0.328 e. The van der Waals surface area contributed by atoms with Crippen LogP contribution in [0.3, 0.4) is 0 Å². The highest BCUT2D eigenvalue weighted by Crippen LogP contribution is 2.60. The van der Waals surface area contributed by atoms with Gasteiger partial charge in [0.25, 0.3) is 5.79 Å². The van der Waals surface area contributed by atoms with Crippen molar-refractivity contribution in [2.45, 2.75) is 51.2 Å². The summed E-state index contributed by atoms with van der Waals surface area (Å²) in [5, 5.41) is 9.93. The number of carbonyl (C=O) groups is 3. The molecule has 1 aliphatic carbocycles. The molecule has 1 aliphatic heterocycles. The standard InChI is InChI=1S/C28H29NO6/c1-4-33-24(30)21(17-29)20-15-22(18-11-7-5-8-12-18)28(23(16-20)19-13-9-6-10-14-19)25(31)34-27(2,3)35-26(28)32/h5-14,20-23H,4,15-16H2,1-3H3/t20?,21?,22-,23+. The average Bonchev–Trinajstić information content (AvgIpc) is 2.83. The van der Waals surface area contributed by atoms with E-state index in [0.29, 0.717) is 0 Å². The Balaban J connectivity index is 1.92. The van der Waals surface area contributed by atoms with Crippen LogP contribution in [0.4, 0.5) is 0 Å². The zero-order valence-corrected chi connectivity index (χ0v) is 20.1. The molecule has 0 bridgehead atoms. The van der Waals surface area contributed by atoms with Crippen LogP contribution < -0.4 is 0 Å². The number of cyclic esters (lactones) is 2. The van der Waals surface area contributed by atoms with Gasteiger partial charge < -0.3 is 14.2 Å². The molecule has 2 aromatic rings. The molecule has 1 heterocycles. The molecule has 182 valence electrons. The largest absolute Gasteiger partial charge is 0.465 e. The van der Waals surface area contributed by atoms with Crippen LogP contribution in [0.1, 0.15) is 56.6 Å². The van der Waals surface area contributed by atoms with E-state index < -0.39 is 52.8 Å². The predicted molar refractivity (Wildman–Crippen MR) is 126 cm³/mol. The zero-order chi connectivity index (χ0) is 25.2. The topological polar surface area (TPSA) is 103 Å². The summed E-state index contributed by atoms with van der Waals surface area (Å²) in [6, 6.07) is 20.6. The lowest BCUT2D eigenvalue weighted by Crippen LogP contribution is -2.61. The highest BCUT2D eigenvalue weighted by Gasteiger charge is 2.67. The van der Waals surface area contributed by atoms with Gasteiger partial charge in [0, 0.05) is 25.7 Å². The molecule has 2 aliphatic rings. The van der Waals surface area contributed by atoms with Crippen LogP contribution in [0.5, 0.6) is 0 Å². The predicted octanol–water partition coefficient (Wildman–Crippen LogP) is 4.49. The quantitative estimate of drug-likeness (QED) is 0.464. The second kappa shape index (κ2) is 9.53. The third-order valence-electron chi connectivity index (χ3n) is 7.08. The SMILES string of the molecule is CCOC(=O)C(C#N)C1C[C@H](c2ccccc2)C2(C(=O)OC(C)(C)OC2=O)[C@H](c2ccccc2)C1. The maximum Gasteiger partial charge on any atom is 0.328 e. The molecule has 2 aromatic carbocycles. The van der Waals surface area contributed by atoms with Crippen molar-refractivity contribution in [3.05, 3.63) is 71.8 Å². The molecular formula is C28H29NO6. The van der Waals surface area contributed by atoms with Gasteiger partial charge in [-0.3, -0.25) is 14.4 Å². The lowest BCUT2D eigenvalue weighted by molar-refractivity contribution is -0.257. The summed E-state index contributed by atoms with van der Waals surface area (Å²) in [4.78, 5) is 40.4. The number of nitrogens with zero attached hydrogens (tertiary/aromatic N) is 1. The average molecular weight is 476 g/mol. The molecule has 1 spiro atoms. The minimum Gasteiger partial charge on any atom is -0.465 e. The van der Waals surface area contributed by atoms with Gasteiger partial charge in [-0.1, -0.05) is 60.7 Å². The normalized spacial score (nSPS) is 25.6. The lowest BCUT2D eigenvalue weighted by Gasteiger charge is -2.52. The van der Waals surface area contributed by atoms with Gasteiger partial charge in [-0.05, 0) is 36.8 Å². The molecule has 2 unspecified atom stereocenters. The Morgan fingerprint density at radius 1 is 0.971 bits per heavy atom. The van der Waals surface area contributed by atoms with Crippen LogP contribution >= 0.6 is 0 Å². The second-order valence-electron chi connectivity index (χ2n) is 9.56. The molecule has 4 atom stereocenters. The summed E-state index contributed by atoms with van der Waals surface area (Å²) >= 11 is 0. The van der Waals surface area contributed by atoms with Crippen LogP contribution in [0.25, 0.3) is 0 Å². The van der Waals surface area contributed by atoms with Crippen molar-refractivity contribution in [2.24, 2.45) is 17.3 Å². The highest BCUT2D eigenvalue weighted by molar-refractivity contribution is 6.04. The molecule has 0 amide bonds. The summed E-state index contributed by atoms with van der Waals surface area (Å²) in [6.07, 6.45) is 0.490. The molecule has 2 fully saturated rings. The molecule has 1 saturated heterocycles. The monoisotopic (exact) mass is 475 g/mol. The summed E-state index contributed by atoms with van der Waals surface area (Å²) in [5.41, 5.74) is -0.178. The van der Waals surface area contributed by atoms with E-state index in [9.17, 15) is 19.6 Å². The molecule has 7 nitrogen and oxygen atoms in total. The maximum absolute atomic E-state index is 13.9. The van der Waals surface area contributed by atoms with E-state index in [-0.39, 0.29) is 19.4 Å². The Morgan fingerprint density at radius 2 is 1.43 bits per heavy atom. The summed E-state index contributed by atoms with van der Waals surface area (Å²) < 4.78 is 16.6. The zero-order valence-electron chi connectivity index (χ0n) is 20.1. The maximum atomic E-state index is 13.9. The van der Waals surface area contributed by atoms with Gasteiger partial charge >= 0.3 is 17.9 Å². The number of hydrogen-bond acceptors (Lipinski definition) is 7. The van der Waals surface area contributed by atoms with Crippen molar-refractivity contribution in [2.75, 3.05) is 6.61 Å². The van der Waals surface area contributed by atoms with Crippen LogP contribution in [-0.4, -0.2) is 30.3 Å². The lowest BCUT2D eigenvalue weighted by atomic mass is 9.52. The number of ether oxygens (including phenoxy) is 3. The van der Waals surface area contributed by atoms with E-state index >= 15 is 0 Å². The molecule has 4 rings (SSSR count). The van der Waals surface area contributed by atoms with Crippen LogP contribution in [0.2, 0.25) is 0 Å². The van der Waals surface area contributed by atoms with Crippen molar-refractivity contribution in [3.63, 3.8) is 0 Å². The van der Waals surface area contributed by atoms with E-state index in [1.54, 1.807) is 6.92 Å². The van der Waals surface area contributed by atoms with Gasteiger partial charge in [0.15, 0.2) is 5.41 Å². The first-order valence-corrected chi connectivity index (χ1v) is 11.9. The summed E-state index contributed by atoms with van der Waals surface area (Å²) in [6.45, 7) is 4.91. The fraction of sp³-hybridized carbons (Fsp3) is 0.429. The van der Waals surface area contributed by atoms with Crippen LogP contribution in [0.15, 0.2) is 60.7 Å². The highest BCUT2D eigenvalue weighted by atomic mass is 16.7. The number of hydrogen-bond donors (Lipinski definition) is 0. The van der Waals surface area contributed by atoms with Gasteiger partial charge in [-0.25, -0.2) is 0 Å². The molecule has 35 heavy (non-hydrogen) atoms. The Labute approximate surface area is 205 Å². The number of esters is 3. The van der Waals surface area contributed by atoms with E-state index in [2.05, 4.69) is 6.07 Å². The molecule has 0 aromatic heterocycles.